The standard InChI is InChI=1S/C16H23ClN2O3/c1-18(8-9-22-15-4-2-14(17)3-5-15)16(21)11-19-7-6-13(10-19)12-20/h2-5,13,20H,6-12H2,1H3. The maximum absolute atomic E-state index is 12.1. The predicted molar refractivity (Wildman–Crippen MR) is 86.2 cm³/mol. The van der Waals surface area contributed by atoms with Crippen molar-refractivity contribution in [1.29, 1.82) is 0 Å². The third kappa shape index (κ3) is 5.16. The average molecular weight is 327 g/mol. The van der Waals surface area contributed by atoms with Crippen LogP contribution in [0.15, 0.2) is 24.3 Å². The Bertz CT molecular complexity index is 481. The van der Waals surface area contributed by atoms with Crippen LogP contribution in [0, 0.1) is 5.92 Å². The van der Waals surface area contributed by atoms with Crippen molar-refractivity contribution >= 4 is 17.5 Å². The van der Waals surface area contributed by atoms with E-state index in [1.165, 1.54) is 0 Å². The lowest BCUT2D eigenvalue weighted by molar-refractivity contribution is -0.131. The van der Waals surface area contributed by atoms with Crippen LogP contribution >= 0.6 is 11.6 Å². The number of likely N-dealkylation sites (N-methyl/N-ethyl adjacent to an activating group) is 1. The van der Waals surface area contributed by atoms with Gasteiger partial charge in [0.15, 0.2) is 0 Å². The number of rotatable bonds is 7. The third-order valence-corrected chi connectivity index (χ3v) is 4.17. The molecule has 0 aromatic heterocycles. The molecule has 2 rings (SSSR count). The van der Waals surface area contributed by atoms with Gasteiger partial charge in [-0.2, -0.15) is 0 Å². The van der Waals surface area contributed by atoms with Gasteiger partial charge in [0.25, 0.3) is 0 Å². The first-order valence-corrected chi connectivity index (χ1v) is 7.92. The Balaban J connectivity index is 1.67. The van der Waals surface area contributed by atoms with Gasteiger partial charge in [-0.25, -0.2) is 0 Å². The van der Waals surface area contributed by atoms with E-state index in [1.807, 2.05) is 12.1 Å². The van der Waals surface area contributed by atoms with E-state index in [2.05, 4.69) is 4.90 Å². The first-order valence-electron chi connectivity index (χ1n) is 7.54. The van der Waals surface area contributed by atoms with Crippen molar-refractivity contribution in [2.45, 2.75) is 6.42 Å². The number of likely N-dealkylation sites (tertiary alicyclic amines) is 1. The molecule has 1 N–H and O–H groups in total. The van der Waals surface area contributed by atoms with Gasteiger partial charge in [0.1, 0.15) is 12.4 Å². The van der Waals surface area contributed by atoms with Crippen molar-refractivity contribution in [2.75, 3.05) is 46.4 Å². The number of carbonyl (C=O) groups excluding carboxylic acids is 1. The molecule has 122 valence electrons. The molecule has 0 saturated carbocycles. The summed E-state index contributed by atoms with van der Waals surface area (Å²) in [5.41, 5.74) is 0. The number of ether oxygens (including phenoxy) is 1. The highest BCUT2D eigenvalue weighted by Crippen LogP contribution is 2.16. The number of hydrogen-bond acceptors (Lipinski definition) is 4. The van der Waals surface area contributed by atoms with E-state index in [0.29, 0.717) is 30.6 Å². The molecule has 1 aliphatic rings. The zero-order valence-corrected chi connectivity index (χ0v) is 13.6. The van der Waals surface area contributed by atoms with Crippen molar-refractivity contribution < 1.29 is 14.6 Å². The molecule has 6 heteroatoms. The average Bonchev–Trinajstić information content (AvgIpc) is 2.96. The van der Waals surface area contributed by atoms with Crippen LogP contribution in [0.5, 0.6) is 5.75 Å². The van der Waals surface area contributed by atoms with Crippen LogP contribution in [0.25, 0.3) is 0 Å². The molecule has 1 heterocycles. The molecule has 1 saturated heterocycles. The van der Waals surface area contributed by atoms with Gasteiger partial charge in [-0.3, -0.25) is 9.69 Å². The maximum Gasteiger partial charge on any atom is 0.236 e. The lowest BCUT2D eigenvalue weighted by Crippen LogP contribution is -2.39. The van der Waals surface area contributed by atoms with Crippen molar-refractivity contribution in [1.82, 2.24) is 9.80 Å². The number of benzene rings is 1. The highest BCUT2D eigenvalue weighted by Gasteiger charge is 2.24. The minimum atomic E-state index is 0.0818. The number of hydrogen-bond donors (Lipinski definition) is 1. The monoisotopic (exact) mass is 326 g/mol. The topological polar surface area (TPSA) is 53.0 Å². The third-order valence-electron chi connectivity index (χ3n) is 3.92. The minimum absolute atomic E-state index is 0.0818. The SMILES string of the molecule is CN(CCOc1ccc(Cl)cc1)C(=O)CN1CCC(CO)C1. The van der Waals surface area contributed by atoms with Crippen LogP contribution < -0.4 is 4.74 Å². The molecule has 1 unspecified atom stereocenters. The zero-order chi connectivity index (χ0) is 15.9. The zero-order valence-electron chi connectivity index (χ0n) is 12.9. The van der Waals surface area contributed by atoms with E-state index >= 15 is 0 Å². The molecule has 0 radical (unpaired) electrons. The molecular weight excluding hydrogens is 304 g/mol. The molecule has 1 aliphatic heterocycles. The molecule has 0 bridgehead atoms. The second-order valence-corrected chi connectivity index (χ2v) is 6.13. The Kier molecular flexibility index (Phi) is 6.49. The summed E-state index contributed by atoms with van der Waals surface area (Å²) in [4.78, 5) is 15.9. The number of aliphatic hydroxyl groups is 1. The highest BCUT2D eigenvalue weighted by molar-refractivity contribution is 6.30. The molecule has 0 aliphatic carbocycles. The Morgan fingerprint density at radius 3 is 2.82 bits per heavy atom. The first kappa shape index (κ1) is 17.1. The molecule has 1 atom stereocenters. The summed E-state index contributed by atoms with van der Waals surface area (Å²) >= 11 is 5.81. The number of carbonyl (C=O) groups is 1. The van der Waals surface area contributed by atoms with Crippen LogP contribution in [0.1, 0.15) is 6.42 Å². The minimum Gasteiger partial charge on any atom is -0.492 e. The molecule has 1 amide bonds. The summed E-state index contributed by atoms with van der Waals surface area (Å²) in [6, 6.07) is 7.17. The first-order chi connectivity index (χ1) is 10.6. The number of nitrogens with zero attached hydrogens (tertiary/aromatic N) is 2. The van der Waals surface area contributed by atoms with E-state index in [1.54, 1.807) is 24.1 Å². The summed E-state index contributed by atoms with van der Waals surface area (Å²) in [6.07, 6.45) is 0.965. The fourth-order valence-corrected chi connectivity index (χ4v) is 2.60. The fourth-order valence-electron chi connectivity index (χ4n) is 2.47. The van der Waals surface area contributed by atoms with Crippen LogP contribution in [-0.4, -0.2) is 67.3 Å². The van der Waals surface area contributed by atoms with E-state index in [9.17, 15) is 4.79 Å². The normalized spacial score (nSPS) is 18.4. The Labute approximate surface area is 136 Å². The Morgan fingerprint density at radius 1 is 1.45 bits per heavy atom. The molecule has 5 nitrogen and oxygen atoms in total. The lowest BCUT2D eigenvalue weighted by Gasteiger charge is -2.21. The number of aliphatic hydroxyl groups excluding tert-OH is 1. The smallest absolute Gasteiger partial charge is 0.236 e. The number of amides is 1. The molecule has 1 aromatic rings. The molecule has 22 heavy (non-hydrogen) atoms. The highest BCUT2D eigenvalue weighted by atomic mass is 35.5. The Hall–Kier alpha value is -1.30. The Morgan fingerprint density at radius 2 is 2.18 bits per heavy atom. The van der Waals surface area contributed by atoms with Crippen LogP contribution in [0.4, 0.5) is 0 Å². The second-order valence-electron chi connectivity index (χ2n) is 5.69. The lowest BCUT2D eigenvalue weighted by atomic mass is 10.1. The van der Waals surface area contributed by atoms with Gasteiger partial charge in [-0.05, 0) is 43.1 Å². The van der Waals surface area contributed by atoms with Crippen molar-refractivity contribution in [3.63, 3.8) is 0 Å². The molecule has 0 spiro atoms. The van der Waals surface area contributed by atoms with Gasteiger partial charge in [0.05, 0.1) is 13.1 Å². The van der Waals surface area contributed by atoms with Gasteiger partial charge in [-0.1, -0.05) is 11.6 Å². The van der Waals surface area contributed by atoms with Gasteiger partial charge in [0, 0.05) is 25.2 Å². The summed E-state index contributed by atoms with van der Waals surface area (Å²) in [6.45, 7) is 3.29. The maximum atomic E-state index is 12.1. The van der Waals surface area contributed by atoms with Gasteiger partial charge >= 0.3 is 0 Å². The van der Waals surface area contributed by atoms with Crippen LogP contribution in [0.3, 0.4) is 0 Å². The van der Waals surface area contributed by atoms with Gasteiger partial charge < -0.3 is 14.7 Å². The summed E-state index contributed by atoms with van der Waals surface area (Å²) in [5.74, 6) is 1.14. The van der Waals surface area contributed by atoms with Crippen molar-refractivity contribution in [3.8, 4) is 5.75 Å². The van der Waals surface area contributed by atoms with Crippen LogP contribution in [0.2, 0.25) is 5.02 Å². The van der Waals surface area contributed by atoms with E-state index < -0.39 is 0 Å². The number of halogens is 1. The van der Waals surface area contributed by atoms with Gasteiger partial charge in [-0.15, -0.1) is 0 Å². The predicted octanol–water partition coefficient (Wildman–Crippen LogP) is 1.49. The van der Waals surface area contributed by atoms with Crippen molar-refractivity contribution in [3.05, 3.63) is 29.3 Å². The van der Waals surface area contributed by atoms with Crippen LogP contribution in [-0.2, 0) is 4.79 Å². The van der Waals surface area contributed by atoms with Gasteiger partial charge in [0.2, 0.25) is 5.91 Å². The van der Waals surface area contributed by atoms with E-state index in [-0.39, 0.29) is 12.5 Å². The second kappa shape index (κ2) is 8.36. The summed E-state index contributed by atoms with van der Waals surface area (Å²) < 4.78 is 5.59. The molecule has 1 fully saturated rings. The molecular formula is C16H23ClN2O3. The van der Waals surface area contributed by atoms with E-state index in [4.69, 9.17) is 21.4 Å². The molecule has 1 aromatic carbocycles. The van der Waals surface area contributed by atoms with E-state index in [0.717, 1.165) is 25.3 Å². The van der Waals surface area contributed by atoms with Crippen molar-refractivity contribution in [2.24, 2.45) is 5.92 Å². The largest absolute Gasteiger partial charge is 0.492 e. The summed E-state index contributed by atoms with van der Waals surface area (Å²) in [7, 11) is 1.78. The fraction of sp³-hybridized carbons (Fsp3) is 0.562. The summed E-state index contributed by atoms with van der Waals surface area (Å²) in [5, 5.41) is 9.79. The quantitative estimate of drug-likeness (QED) is 0.825.